The number of halogens is 1. The Labute approximate surface area is 136 Å². The quantitative estimate of drug-likeness (QED) is 0.813. The Hall–Kier alpha value is -1.92. The second kappa shape index (κ2) is 7.10. The number of methoxy groups -OCH3 is 1. The Balaban J connectivity index is 2.30. The Morgan fingerprint density at radius 3 is 2.52 bits per heavy atom. The molecule has 0 saturated heterocycles. The van der Waals surface area contributed by atoms with E-state index in [1.165, 1.54) is 29.6 Å². The lowest BCUT2D eigenvalue weighted by atomic mass is 10.1. The van der Waals surface area contributed by atoms with Crippen molar-refractivity contribution >= 4 is 10.0 Å². The molecule has 0 N–H and O–H groups in total. The lowest BCUT2D eigenvalue weighted by molar-refractivity contribution is 0.409. The minimum Gasteiger partial charge on any atom is -0.496 e. The van der Waals surface area contributed by atoms with Gasteiger partial charge in [0.25, 0.3) is 0 Å². The molecule has 23 heavy (non-hydrogen) atoms. The molecule has 0 bridgehead atoms. The number of benzene rings is 2. The van der Waals surface area contributed by atoms with Gasteiger partial charge in [0.05, 0.1) is 12.0 Å². The lowest BCUT2D eigenvalue weighted by Gasteiger charge is -2.18. The molecule has 0 spiro atoms. The number of aryl methyl sites for hydroxylation is 1. The number of nitrogens with zero attached hydrogens (tertiary/aromatic N) is 1. The zero-order valence-corrected chi connectivity index (χ0v) is 14.2. The predicted molar refractivity (Wildman–Crippen MR) is 87.4 cm³/mol. The summed E-state index contributed by atoms with van der Waals surface area (Å²) in [5, 5.41) is 0. The first-order valence-corrected chi connectivity index (χ1v) is 8.70. The third-order valence-electron chi connectivity index (χ3n) is 3.64. The van der Waals surface area contributed by atoms with Crippen LogP contribution >= 0.6 is 0 Å². The molecule has 2 aromatic rings. The number of sulfonamides is 1. The van der Waals surface area contributed by atoms with Crippen molar-refractivity contribution in [2.45, 2.75) is 24.8 Å². The summed E-state index contributed by atoms with van der Waals surface area (Å²) in [7, 11) is -0.616. The Morgan fingerprint density at radius 1 is 1.17 bits per heavy atom. The zero-order valence-electron chi connectivity index (χ0n) is 13.4. The average molecular weight is 337 g/mol. The number of ether oxygens (including phenoxy) is 1. The molecular formula is C17H20FNO3S. The average Bonchev–Trinajstić information content (AvgIpc) is 2.54. The minimum absolute atomic E-state index is 0.105. The summed E-state index contributed by atoms with van der Waals surface area (Å²) >= 11 is 0. The van der Waals surface area contributed by atoms with Crippen LogP contribution < -0.4 is 4.74 Å². The van der Waals surface area contributed by atoms with Crippen molar-refractivity contribution in [3.05, 3.63) is 59.4 Å². The highest BCUT2D eigenvalue weighted by Gasteiger charge is 2.22. The molecule has 0 aromatic heterocycles. The van der Waals surface area contributed by atoms with Gasteiger partial charge in [-0.1, -0.05) is 19.1 Å². The van der Waals surface area contributed by atoms with E-state index in [1.807, 2.05) is 6.92 Å². The molecule has 6 heteroatoms. The van der Waals surface area contributed by atoms with Crippen LogP contribution in [0.15, 0.2) is 47.4 Å². The molecule has 0 radical (unpaired) electrons. The van der Waals surface area contributed by atoms with Crippen molar-refractivity contribution in [3.63, 3.8) is 0 Å². The summed E-state index contributed by atoms with van der Waals surface area (Å²) in [5.74, 6) is 0.283. The van der Waals surface area contributed by atoms with Gasteiger partial charge in [-0.3, -0.25) is 0 Å². The van der Waals surface area contributed by atoms with E-state index in [0.29, 0.717) is 17.7 Å². The summed E-state index contributed by atoms with van der Waals surface area (Å²) in [6, 6.07) is 10.7. The molecule has 0 aliphatic carbocycles. The van der Waals surface area contributed by atoms with Gasteiger partial charge in [-0.05, 0) is 47.9 Å². The number of rotatable bonds is 6. The van der Waals surface area contributed by atoms with Gasteiger partial charge in [0.2, 0.25) is 10.0 Å². The van der Waals surface area contributed by atoms with Crippen molar-refractivity contribution < 1.29 is 17.5 Å². The van der Waals surface area contributed by atoms with Crippen LogP contribution in [0.2, 0.25) is 0 Å². The molecule has 0 unspecified atom stereocenters. The van der Waals surface area contributed by atoms with E-state index in [9.17, 15) is 12.8 Å². The Morgan fingerprint density at radius 2 is 1.91 bits per heavy atom. The van der Waals surface area contributed by atoms with Crippen LogP contribution in [0.3, 0.4) is 0 Å². The highest BCUT2D eigenvalue weighted by Crippen LogP contribution is 2.25. The molecule has 0 fully saturated rings. The molecule has 0 heterocycles. The summed E-state index contributed by atoms with van der Waals surface area (Å²) < 4.78 is 45.0. The summed E-state index contributed by atoms with van der Waals surface area (Å²) in [4.78, 5) is 0.203. The fourth-order valence-electron chi connectivity index (χ4n) is 2.35. The Kier molecular flexibility index (Phi) is 5.38. The first-order valence-electron chi connectivity index (χ1n) is 7.26. The third-order valence-corrected chi connectivity index (χ3v) is 5.43. The molecule has 0 amide bonds. The van der Waals surface area contributed by atoms with Gasteiger partial charge in [0, 0.05) is 13.6 Å². The van der Waals surface area contributed by atoms with Gasteiger partial charge < -0.3 is 4.74 Å². The smallest absolute Gasteiger partial charge is 0.243 e. The molecular weight excluding hydrogens is 317 g/mol. The van der Waals surface area contributed by atoms with Gasteiger partial charge in [-0.25, -0.2) is 12.8 Å². The van der Waals surface area contributed by atoms with Gasteiger partial charge in [0.1, 0.15) is 11.6 Å². The third kappa shape index (κ3) is 3.89. The van der Waals surface area contributed by atoms with Crippen molar-refractivity contribution in [2.24, 2.45) is 0 Å². The van der Waals surface area contributed by atoms with Crippen LogP contribution in [0.25, 0.3) is 0 Å². The number of hydrogen-bond acceptors (Lipinski definition) is 3. The monoisotopic (exact) mass is 337 g/mol. The van der Waals surface area contributed by atoms with Gasteiger partial charge in [-0.2, -0.15) is 4.31 Å². The summed E-state index contributed by atoms with van der Waals surface area (Å²) in [5.41, 5.74) is 1.42. The van der Waals surface area contributed by atoms with E-state index >= 15 is 0 Å². The van der Waals surface area contributed by atoms with Crippen molar-refractivity contribution in [3.8, 4) is 5.75 Å². The molecule has 2 rings (SSSR count). The maximum atomic E-state index is 13.2. The first kappa shape index (κ1) is 17.4. The molecule has 0 saturated carbocycles. The summed E-state index contributed by atoms with van der Waals surface area (Å²) in [6.07, 6.45) is 0.667. The highest BCUT2D eigenvalue weighted by molar-refractivity contribution is 7.89. The van der Waals surface area contributed by atoms with E-state index in [1.54, 1.807) is 31.4 Å². The van der Waals surface area contributed by atoms with Crippen molar-refractivity contribution in [1.29, 1.82) is 0 Å². The van der Waals surface area contributed by atoms with Crippen LogP contribution in [0, 0.1) is 5.82 Å². The molecule has 0 aliphatic rings. The van der Waals surface area contributed by atoms with Gasteiger partial charge in [-0.15, -0.1) is 0 Å². The topological polar surface area (TPSA) is 46.6 Å². The lowest BCUT2D eigenvalue weighted by Crippen LogP contribution is -2.26. The van der Waals surface area contributed by atoms with Crippen LogP contribution in [0.5, 0.6) is 5.75 Å². The van der Waals surface area contributed by atoms with E-state index < -0.39 is 10.0 Å². The second-order valence-corrected chi connectivity index (χ2v) is 7.26. The summed E-state index contributed by atoms with van der Waals surface area (Å²) in [6.45, 7) is 2.04. The van der Waals surface area contributed by atoms with Gasteiger partial charge in [0.15, 0.2) is 0 Å². The van der Waals surface area contributed by atoms with E-state index in [-0.39, 0.29) is 17.3 Å². The fourth-order valence-corrected chi connectivity index (χ4v) is 3.56. The van der Waals surface area contributed by atoms with Crippen molar-refractivity contribution in [2.75, 3.05) is 14.2 Å². The van der Waals surface area contributed by atoms with E-state index in [2.05, 4.69) is 0 Å². The van der Waals surface area contributed by atoms with Crippen LogP contribution in [0.1, 0.15) is 18.1 Å². The van der Waals surface area contributed by atoms with Crippen LogP contribution in [-0.2, 0) is 23.0 Å². The maximum Gasteiger partial charge on any atom is 0.243 e. The minimum atomic E-state index is -3.65. The Bertz CT molecular complexity index is 790. The van der Waals surface area contributed by atoms with E-state index in [4.69, 9.17) is 4.74 Å². The second-order valence-electron chi connectivity index (χ2n) is 5.22. The first-order chi connectivity index (χ1) is 10.9. The molecule has 0 aliphatic heterocycles. The molecule has 2 aromatic carbocycles. The van der Waals surface area contributed by atoms with Crippen LogP contribution in [-0.4, -0.2) is 26.9 Å². The van der Waals surface area contributed by atoms with Crippen molar-refractivity contribution in [1.82, 2.24) is 4.31 Å². The highest BCUT2D eigenvalue weighted by atomic mass is 32.2. The SMILES string of the molecule is CCc1cc(S(=O)(=O)N(C)Cc2cccc(F)c2)ccc1OC. The predicted octanol–water partition coefficient (Wildman–Crippen LogP) is 3.22. The largest absolute Gasteiger partial charge is 0.496 e. The van der Waals surface area contributed by atoms with Crippen LogP contribution in [0.4, 0.5) is 4.39 Å². The normalized spacial score (nSPS) is 11.7. The fraction of sp³-hybridized carbons (Fsp3) is 0.294. The molecule has 0 atom stereocenters. The molecule has 4 nitrogen and oxygen atoms in total. The maximum absolute atomic E-state index is 13.2. The van der Waals surface area contributed by atoms with E-state index in [0.717, 1.165) is 5.56 Å². The zero-order chi connectivity index (χ0) is 17.0. The standard InChI is InChI=1S/C17H20FNO3S/c1-4-14-11-16(8-9-17(14)22-3)23(20,21)19(2)12-13-6-5-7-15(18)10-13/h5-11H,4,12H2,1-3H3. The van der Waals surface area contributed by atoms with Gasteiger partial charge >= 0.3 is 0 Å². The number of hydrogen-bond donors (Lipinski definition) is 0. The molecule has 124 valence electrons.